The number of benzene rings is 1. The minimum Gasteiger partial charge on any atom is -0.370 e. The van der Waals surface area contributed by atoms with Gasteiger partial charge in [-0.25, -0.2) is 9.97 Å². The topological polar surface area (TPSA) is 58.1 Å². The molecule has 1 aliphatic heterocycles. The third-order valence-corrected chi connectivity index (χ3v) is 5.18. The molecule has 144 valence electrons. The lowest BCUT2D eigenvalue weighted by Gasteiger charge is -2.32. The van der Waals surface area contributed by atoms with Crippen LogP contribution in [0.15, 0.2) is 42.7 Å². The maximum Gasteiger partial charge on any atom is 0.272 e. The first-order valence-electron chi connectivity index (χ1n) is 10.0. The lowest BCUT2D eigenvalue weighted by atomic mass is 9.90. The molecule has 0 saturated carbocycles. The van der Waals surface area contributed by atoms with Crippen molar-refractivity contribution in [3.63, 3.8) is 0 Å². The molecule has 1 saturated heterocycles. The molecule has 1 aromatic carbocycles. The lowest BCUT2D eigenvalue weighted by molar-refractivity contribution is 0.0684. The predicted octanol–water partition coefficient (Wildman–Crippen LogP) is 4.03. The van der Waals surface area contributed by atoms with Gasteiger partial charge in [0.15, 0.2) is 0 Å². The van der Waals surface area contributed by atoms with Crippen molar-refractivity contribution in [2.45, 2.75) is 39.5 Å². The van der Waals surface area contributed by atoms with Gasteiger partial charge in [0.05, 0.1) is 0 Å². The fourth-order valence-corrected chi connectivity index (χ4v) is 3.51. The molecule has 0 spiro atoms. The zero-order valence-corrected chi connectivity index (χ0v) is 16.4. The summed E-state index contributed by atoms with van der Waals surface area (Å²) in [5, 5.41) is 3.29. The molecule has 2 heterocycles. The van der Waals surface area contributed by atoms with Gasteiger partial charge in [-0.2, -0.15) is 0 Å². The van der Waals surface area contributed by atoms with E-state index in [2.05, 4.69) is 59.5 Å². The Bertz CT molecular complexity index is 724. The fraction of sp³-hybridized carbons (Fsp3) is 0.500. The first-order chi connectivity index (χ1) is 13.1. The van der Waals surface area contributed by atoms with E-state index in [1.54, 1.807) is 6.07 Å². The standard InChI is InChI=1S/C22H30N4O/c1-17(2)8-11-23-21-15-20(24-16-25-21)22(27)26-12-9-19(10-13-26)14-18-6-4-3-5-7-18/h3-7,15-17,19H,8-14H2,1-2H3,(H,23,24,25). The number of piperidine rings is 1. The number of rotatable bonds is 7. The molecule has 1 N–H and O–H groups in total. The summed E-state index contributed by atoms with van der Waals surface area (Å²) in [6.07, 6.45) is 5.74. The van der Waals surface area contributed by atoms with Crippen LogP contribution < -0.4 is 5.32 Å². The monoisotopic (exact) mass is 366 g/mol. The van der Waals surface area contributed by atoms with Crippen molar-refractivity contribution in [1.82, 2.24) is 14.9 Å². The third-order valence-electron chi connectivity index (χ3n) is 5.18. The van der Waals surface area contributed by atoms with Crippen molar-refractivity contribution in [2.24, 2.45) is 11.8 Å². The highest BCUT2D eigenvalue weighted by Crippen LogP contribution is 2.22. The quantitative estimate of drug-likeness (QED) is 0.804. The van der Waals surface area contributed by atoms with Crippen LogP contribution in [0.1, 0.15) is 49.2 Å². The van der Waals surface area contributed by atoms with Crippen LogP contribution in [-0.4, -0.2) is 40.4 Å². The average molecular weight is 367 g/mol. The first kappa shape index (κ1) is 19.3. The van der Waals surface area contributed by atoms with Gasteiger partial charge in [-0.05, 0) is 43.1 Å². The molecule has 1 amide bonds. The van der Waals surface area contributed by atoms with E-state index in [1.807, 2.05) is 4.90 Å². The van der Waals surface area contributed by atoms with E-state index >= 15 is 0 Å². The van der Waals surface area contributed by atoms with Gasteiger partial charge in [-0.3, -0.25) is 4.79 Å². The largest absolute Gasteiger partial charge is 0.370 e. The number of nitrogens with one attached hydrogen (secondary N) is 1. The molecule has 3 rings (SSSR count). The molecule has 1 aliphatic rings. The minimum atomic E-state index is 0.0162. The Morgan fingerprint density at radius 1 is 1.19 bits per heavy atom. The highest BCUT2D eigenvalue weighted by molar-refractivity contribution is 5.92. The van der Waals surface area contributed by atoms with Gasteiger partial charge in [-0.1, -0.05) is 44.2 Å². The second-order valence-corrected chi connectivity index (χ2v) is 7.82. The molecule has 0 unspecified atom stereocenters. The minimum absolute atomic E-state index is 0.0162. The van der Waals surface area contributed by atoms with Gasteiger partial charge in [0, 0.05) is 25.7 Å². The van der Waals surface area contributed by atoms with Gasteiger partial charge in [0.25, 0.3) is 5.91 Å². The average Bonchev–Trinajstić information content (AvgIpc) is 2.69. The SMILES string of the molecule is CC(C)CCNc1cc(C(=O)N2CCC(Cc3ccccc3)CC2)ncn1. The van der Waals surface area contributed by atoms with E-state index < -0.39 is 0 Å². The number of amides is 1. The molecule has 27 heavy (non-hydrogen) atoms. The van der Waals surface area contributed by atoms with Crippen LogP contribution in [0.2, 0.25) is 0 Å². The van der Waals surface area contributed by atoms with E-state index in [0.717, 1.165) is 51.1 Å². The summed E-state index contributed by atoms with van der Waals surface area (Å²) in [6.45, 7) is 6.84. The number of anilines is 1. The van der Waals surface area contributed by atoms with E-state index in [9.17, 15) is 4.79 Å². The van der Waals surface area contributed by atoms with Gasteiger partial charge < -0.3 is 10.2 Å². The summed E-state index contributed by atoms with van der Waals surface area (Å²) in [6, 6.07) is 12.4. The summed E-state index contributed by atoms with van der Waals surface area (Å²) in [7, 11) is 0. The summed E-state index contributed by atoms with van der Waals surface area (Å²) in [5.74, 6) is 2.03. The van der Waals surface area contributed by atoms with Gasteiger partial charge >= 0.3 is 0 Å². The highest BCUT2D eigenvalue weighted by Gasteiger charge is 2.24. The third kappa shape index (κ3) is 5.78. The zero-order chi connectivity index (χ0) is 19.1. The molecule has 2 aromatic rings. The molecule has 1 fully saturated rings. The molecule has 0 aliphatic carbocycles. The van der Waals surface area contributed by atoms with Crippen LogP contribution in [0.5, 0.6) is 0 Å². The molecule has 1 aromatic heterocycles. The van der Waals surface area contributed by atoms with E-state index in [1.165, 1.54) is 11.9 Å². The second-order valence-electron chi connectivity index (χ2n) is 7.82. The Hall–Kier alpha value is -2.43. The Balaban J connectivity index is 1.51. The van der Waals surface area contributed by atoms with E-state index in [4.69, 9.17) is 0 Å². The van der Waals surface area contributed by atoms with Crippen molar-refractivity contribution in [3.05, 3.63) is 54.0 Å². The van der Waals surface area contributed by atoms with Crippen molar-refractivity contribution in [2.75, 3.05) is 25.0 Å². The van der Waals surface area contributed by atoms with Crippen molar-refractivity contribution < 1.29 is 4.79 Å². The number of carbonyl (C=O) groups excluding carboxylic acids is 1. The lowest BCUT2D eigenvalue weighted by Crippen LogP contribution is -2.39. The maximum atomic E-state index is 12.8. The summed E-state index contributed by atoms with van der Waals surface area (Å²) in [5.41, 5.74) is 1.87. The molecule has 0 atom stereocenters. The molecular weight excluding hydrogens is 336 g/mol. The van der Waals surface area contributed by atoms with Crippen LogP contribution in [0.25, 0.3) is 0 Å². The van der Waals surface area contributed by atoms with Crippen molar-refractivity contribution >= 4 is 11.7 Å². The Morgan fingerprint density at radius 2 is 1.93 bits per heavy atom. The molecule has 5 nitrogen and oxygen atoms in total. The van der Waals surface area contributed by atoms with Crippen LogP contribution in [0.3, 0.4) is 0 Å². The molecular formula is C22H30N4O. The number of likely N-dealkylation sites (tertiary alicyclic amines) is 1. The smallest absolute Gasteiger partial charge is 0.272 e. The Kier molecular flexibility index (Phi) is 6.80. The Labute approximate surface area is 162 Å². The number of hydrogen-bond donors (Lipinski definition) is 1. The number of carbonyl (C=O) groups is 1. The Morgan fingerprint density at radius 3 is 2.63 bits per heavy atom. The summed E-state index contributed by atoms with van der Waals surface area (Å²) < 4.78 is 0. The number of hydrogen-bond acceptors (Lipinski definition) is 4. The molecule has 5 heteroatoms. The van der Waals surface area contributed by atoms with E-state index in [-0.39, 0.29) is 5.91 Å². The normalized spacial score (nSPS) is 15.1. The van der Waals surface area contributed by atoms with Gasteiger partial charge in [0.2, 0.25) is 0 Å². The summed E-state index contributed by atoms with van der Waals surface area (Å²) >= 11 is 0. The molecule has 0 radical (unpaired) electrons. The number of aromatic nitrogens is 2. The van der Waals surface area contributed by atoms with Gasteiger partial charge in [0.1, 0.15) is 17.8 Å². The molecule has 0 bridgehead atoms. The summed E-state index contributed by atoms with van der Waals surface area (Å²) in [4.78, 5) is 23.2. The first-order valence-corrected chi connectivity index (χ1v) is 10.0. The maximum absolute atomic E-state index is 12.8. The fourth-order valence-electron chi connectivity index (χ4n) is 3.51. The van der Waals surface area contributed by atoms with Crippen molar-refractivity contribution in [1.29, 1.82) is 0 Å². The highest BCUT2D eigenvalue weighted by atomic mass is 16.2. The van der Waals surface area contributed by atoms with Crippen LogP contribution in [0, 0.1) is 11.8 Å². The van der Waals surface area contributed by atoms with Crippen molar-refractivity contribution in [3.8, 4) is 0 Å². The van der Waals surface area contributed by atoms with E-state index in [0.29, 0.717) is 17.5 Å². The van der Waals surface area contributed by atoms with Crippen LogP contribution in [-0.2, 0) is 6.42 Å². The van der Waals surface area contributed by atoms with Crippen LogP contribution >= 0.6 is 0 Å². The zero-order valence-electron chi connectivity index (χ0n) is 16.4. The van der Waals surface area contributed by atoms with Crippen LogP contribution in [0.4, 0.5) is 5.82 Å². The van der Waals surface area contributed by atoms with Gasteiger partial charge in [-0.15, -0.1) is 0 Å². The second kappa shape index (κ2) is 9.49. The predicted molar refractivity (Wildman–Crippen MR) is 109 cm³/mol. The number of nitrogens with zero attached hydrogens (tertiary/aromatic N) is 3.